The third-order valence-electron chi connectivity index (χ3n) is 2.83. The van der Waals surface area contributed by atoms with Gasteiger partial charge in [0.1, 0.15) is 0 Å². The van der Waals surface area contributed by atoms with Gasteiger partial charge in [-0.05, 0) is 12.1 Å². The molecule has 0 aliphatic carbocycles. The van der Waals surface area contributed by atoms with Crippen LogP contribution in [0.3, 0.4) is 0 Å². The van der Waals surface area contributed by atoms with Crippen molar-refractivity contribution < 1.29 is 12.8 Å². The Hall–Kier alpha value is -2.40. The van der Waals surface area contributed by atoms with E-state index in [0.717, 1.165) is 5.56 Å². The van der Waals surface area contributed by atoms with Gasteiger partial charge >= 0.3 is 5.22 Å². The maximum absolute atomic E-state index is 12.3. The van der Waals surface area contributed by atoms with Crippen LogP contribution in [0, 0.1) is 0 Å². The third-order valence-corrected chi connectivity index (χ3v) is 4.37. The second-order valence-corrected chi connectivity index (χ2v) is 6.00. The molecule has 0 fully saturated rings. The summed E-state index contributed by atoms with van der Waals surface area (Å²) in [6.07, 6.45) is 1.42. The highest BCUT2D eigenvalue weighted by molar-refractivity contribution is 7.91. The van der Waals surface area contributed by atoms with Crippen molar-refractivity contribution >= 4 is 9.84 Å². The Bertz CT molecular complexity index is 809. The first-order chi connectivity index (χ1) is 9.68. The highest BCUT2D eigenvalue weighted by atomic mass is 32.2. The summed E-state index contributed by atoms with van der Waals surface area (Å²) in [6.45, 7) is 0. The summed E-state index contributed by atoms with van der Waals surface area (Å²) < 4.78 is 30.0. The summed E-state index contributed by atoms with van der Waals surface area (Å²) >= 11 is 0. The lowest BCUT2D eigenvalue weighted by atomic mass is 10.2. The third kappa shape index (κ3) is 2.23. The Kier molecular flexibility index (Phi) is 3.12. The van der Waals surface area contributed by atoms with Crippen LogP contribution in [-0.2, 0) is 9.84 Å². The summed E-state index contributed by atoms with van der Waals surface area (Å²) in [4.78, 5) is 4.05. The van der Waals surface area contributed by atoms with Gasteiger partial charge < -0.3 is 4.42 Å². The van der Waals surface area contributed by atoms with Crippen molar-refractivity contribution in [2.75, 3.05) is 0 Å². The van der Waals surface area contributed by atoms with Crippen molar-refractivity contribution in [1.29, 1.82) is 0 Å². The molecule has 0 saturated heterocycles. The van der Waals surface area contributed by atoms with Crippen LogP contribution in [0.4, 0.5) is 0 Å². The summed E-state index contributed by atoms with van der Waals surface area (Å²) in [5.41, 5.74) is 0.787. The first kappa shape index (κ1) is 12.6. The van der Waals surface area contributed by atoms with E-state index in [1.165, 1.54) is 18.3 Å². The van der Waals surface area contributed by atoms with Gasteiger partial charge in [-0.15, -0.1) is 0 Å². The minimum Gasteiger partial charge on any atom is -0.428 e. The zero-order chi connectivity index (χ0) is 14.0. The van der Waals surface area contributed by atoms with Gasteiger partial charge in [-0.1, -0.05) is 48.5 Å². The Morgan fingerprint density at radius 3 is 2.10 bits per heavy atom. The molecule has 0 bridgehead atoms. The van der Waals surface area contributed by atoms with Crippen molar-refractivity contribution in [3.05, 3.63) is 66.9 Å². The van der Waals surface area contributed by atoms with Crippen molar-refractivity contribution in [2.24, 2.45) is 0 Å². The topological polar surface area (TPSA) is 60.2 Å². The van der Waals surface area contributed by atoms with Crippen LogP contribution in [0.2, 0.25) is 0 Å². The van der Waals surface area contributed by atoms with Crippen LogP contribution < -0.4 is 0 Å². The maximum atomic E-state index is 12.3. The lowest BCUT2D eigenvalue weighted by Gasteiger charge is -1.99. The Labute approximate surface area is 116 Å². The van der Waals surface area contributed by atoms with Crippen LogP contribution >= 0.6 is 0 Å². The first-order valence-electron chi connectivity index (χ1n) is 5.99. The van der Waals surface area contributed by atoms with E-state index in [0.29, 0.717) is 5.76 Å². The molecule has 2 aromatic carbocycles. The minimum atomic E-state index is -3.70. The fourth-order valence-electron chi connectivity index (χ4n) is 1.82. The molecule has 3 rings (SSSR count). The molecule has 5 heteroatoms. The van der Waals surface area contributed by atoms with Gasteiger partial charge in [0.25, 0.3) is 9.84 Å². The zero-order valence-corrected chi connectivity index (χ0v) is 11.2. The van der Waals surface area contributed by atoms with Gasteiger partial charge in [-0.2, -0.15) is 0 Å². The molecule has 0 unspecified atom stereocenters. The molecule has 0 spiro atoms. The van der Waals surface area contributed by atoms with Crippen LogP contribution in [-0.4, -0.2) is 13.4 Å². The second kappa shape index (κ2) is 4.94. The number of hydrogen-bond acceptors (Lipinski definition) is 4. The SMILES string of the molecule is O=S(=O)(c1ccccc1)c1ncc(-c2ccccc2)o1. The lowest BCUT2D eigenvalue weighted by Crippen LogP contribution is -2.01. The molecule has 0 radical (unpaired) electrons. The molecule has 20 heavy (non-hydrogen) atoms. The Morgan fingerprint density at radius 2 is 1.45 bits per heavy atom. The van der Waals surface area contributed by atoms with E-state index >= 15 is 0 Å². The molecule has 3 aromatic rings. The van der Waals surface area contributed by atoms with Gasteiger partial charge in [0, 0.05) is 5.56 Å². The second-order valence-electron chi connectivity index (χ2n) is 4.17. The highest BCUT2D eigenvalue weighted by Crippen LogP contribution is 2.25. The fourth-order valence-corrected chi connectivity index (χ4v) is 2.93. The molecule has 4 nitrogen and oxygen atoms in total. The van der Waals surface area contributed by atoms with E-state index in [-0.39, 0.29) is 10.1 Å². The molecule has 100 valence electrons. The van der Waals surface area contributed by atoms with Gasteiger partial charge in [0.2, 0.25) is 0 Å². The number of hydrogen-bond donors (Lipinski definition) is 0. The number of oxazole rings is 1. The average molecular weight is 285 g/mol. The summed E-state index contributed by atoms with van der Waals surface area (Å²) in [7, 11) is -3.70. The number of benzene rings is 2. The van der Waals surface area contributed by atoms with Crippen molar-refractivity contribution in [3.8, 4) is 11.3 Å². The molecule has 0 aliphatic rings. The van der Waals surface area contributed by atoms with Crippen molar-refractivity contribution in [1.82, 2.24) is 4.98 Å². The van der Waals surface area contributed by atoms with Crippen LogP contribution in [0.15, 0.2) is 81.4 Å². The first-order valence-corrected chi connectivity index (χ1v) is 7.47. The summed E-state index contributed by atoms with van der Waals surface area (Å²) in [6, 6.07) is 17.3. The quantitative estimate of drug-likeness (QED) is 0.741. The molecule has 0 atom stereocenters. The van der Waals surface area contributed by atoms with Gasteiger partial charge in [-0.25, -0.2) is 13.4 Å². The fraction of sp³-hybridized carbons (Fsp3) is 0. The minimum absolute atomic E-state index is 0.168. The van der Waals surface area contributed by atoms with Crippen LogP contribution in [0.5, 0.6) is 0 Å². The highest BCUT2D eigenvalue weighted by Gasteiger charge is 2.23. The van der Waals surface area contributed by atoms with E-state index in [2.05, 4.69) is 4.98 Å². The number of nitrogens with zero attached hydrogens (tertiary/aromatic N) is 1. The Balaban J connectivity index is 2.03. The summed E-state index contributed by atoms with van der Waals surface area (Å²) in [5, 5.41) is -0.289. The molecule has 0 N–H and O–H groups in total. The van der Waals surface area contributed by atoms with E-state index in [1.54, 1.807) is 18.2 Å². The molecule has 0 saturated carbocycles. The van der Waals surface area contributed by atoms with Gasteiger partial charge in [0.05, 0.1) is 11.1 Å². The van der Waals surface area contributed by atoms with E-state index < -0.39 is 9.84 Å². The zero-order valence-electron chi connectivity index (χ0n) is 10.4. The largest absolute Gasteiger partial charge is 0.428 e. The van der Waals surface area contributed by atoms with E-state index in [4.69, 9.17) is 4.42 Å². The predicted octanol–water partition coefficient (Wildman–Crippen LogP) is 3.17. The number of rotatable bonds is 3. The average Bonchev–Trinajstić information content (AvgIpc) is 3.00. The lowest BCUT2D eigenvalue weighted by molar-refractivity contribution is 0.440. The van der Waals surface area contributed by atoms with Crippen LogP contribution in [0.1, 0.15) is 0 Å². The summed E-state index contributed by atoms with van der Waals surface area (Å²) in [5.74, 6) is 0.431. The molecule has 0 aliphatic heterocycles. The molecule has 0 amide bonds. The van der Waals surface area contributed by atoms with Crippen molar-refractivity contribution in [2.45, 2.75) is 10.1 Å². The molecular formula is C15H11NO3S. The normalized spacial score (nSPS) is 11.4. The maximum Gasteiger partial charge on any atom is 0.320 e. The smallest absolute Gasteiger partial charge is 0.320 e. The molecule has 1 aromatic heterocycles. The van der Waals surface area contributed by atoms with E-state index in [9.17, 15) is 8.42 Å². The number of sulfone groups is 1. The van der Waals surface area contributed by atoms with Gasteiger partial charge in [0.15, 0.2) is 5.76 Å². The van der Waals surface area contributed by atoms with Gasteiger partial charge in [-0.3, -0.25) is 0 Å². The van der Waals surface area contributed by atoms with Crippen LogP contribution in [0.25, 0.3) is 11.3 Å². The van der Waals surface area contributed by atoms with E-state index in [1.807, 2.05) is 30.3 Å². The Morgan fingerprint density at radius 1 is 0.850 bits per heavy atom. The monoisotopic (exact) mass is 285 g/mol. The van der Waals surface area contributed by atoms with Crippen molar-refractivity contribution in [3.63, 3.8) is 0 Å². The molecular weight excluding hydrogens is 274 g/mol. The molecule has 1 heterocycles. The standard InChI is InChI=1S/C15H11NO3S/c17-20(18,13-9-5-2-6-10-13)15-16-11-14(19-15)12-7-3-1-4-8-12/h1-11H. The predicted molar refractivity (Wildman–Crippen MR) is 73.8 cm³/mol. The number of aromatic nitrogens is 1.